The van der Waals surface area contributed by atoms with Crippen LogP contribution in [0.15, 0.2) is 11.9 Å². The van der Waals surface area contributed by atoms with Gasteiger partial charge in [0.15, 0.2) is 0 Å². The van der Waals surface area contributed by atoms with E-state index in [0.29, 0.717) is 0 Å². The van der Waals surface area contributed by atoms with Gasteiger partial charge in [0.25, 0.3) is 0 Å². The second kappa shape index (κ2) is 5.07. The maximum Gasteiger partial charge on any atom is 0.443 e. The topological polar surface area (TPSA) is 3.24 Å². The molecule has 18 heavy (non-hydrogen) atoms. The molecule has 0 N–H and O–H groups in total. The summed E-state index contributed by atoms with van der Waals surface area (Å²) in [7, 11) is 0. The van der Waals surface area contributed by atoms with Crippen LogP contribution in [0.1, 0.15) is 19.8 Å². The molecule has 1 fully saturated rings. The summed E-state index contributed by atoms with van der Waals surface area (Å²) in [4.78, 5) is 0.0848. The van der Waals surface area contributed by atoms with Crippen LogP contribution in [0.2, 0.25) is 0 Å². The summed E-state index contributed by atoms with van der Waals surface area (Å²) in [6.45, 7) is 0.905. The molecule has 0 bridgehead atoms. The van der Waals surface area contributed by atoms with E-state index in [-0.39, 0.29) is 23.7 Å². The van der Waals surface area contributed by atoms with Crippen molar-refractivity contribution in [2.24, 2.45) is 5.92 Å². The molecule has 1 nitrogen and oxygen atoms in total. The van der Waals surface area contributed by atoms with Gasteiger partial charge in [0, 0.05) is 13.1 Å². The third-order valence-corrected chi connectivity index (χ3v) is 3.05. The van der Waals surface area contributed by atoms with Crippen LogP contribution in [0.25, 0.3) is 0 Å². The van der Waals surface area contributed by atoms with Gasteiger partial charge in [0.1, 0.15) is 0 Å². The molecule has 1 saturated heterocycles. The molecular weight excluding hydrogens is 267 g/mol. The number of piperidine rings is 1. The van der Waals surface area contributed by atoms with Crippen LogP contribution in [-0.2, 0) is 0 Å². The van der Waals surface area contributed by atoms with Crippen molar-refractivity contribution in [1.29, 1.82) is 0 Å². The molecule has 1 rings (SSSR count). The Balaban J connectivity index is 3.11. The molecule has 0 radical (unpaired) electrons. The predicted molar refractivity (Wildman–Crippen MR) is 50.2 cm³/mol. The van der Waals surface area contributed by atoms with Crippen molar-refractivity contribution in [2.45, 2.75) is 31.7 Å². The first kappa shape index (κ1) is 15.3. The van der Waals surface area contributed by atoms with Crippen molar-refractivity contribution in [1.82, 2.24) is 4.90 Å². The summed E-state index contributed by atoms with van der Waals surface area (Å²) in [5.74, 6) is -7.74. The minimum absolute atomic E-state index is 0.0565. The van der Waals surface area contributed by atoms with Crippen molar-refractivity contribution >= 4 is 0 Å². The minimum atomic E-state index is -5.75. The molecule has 1 unspecified atom stereocenters. The van der Waals surface area contributed by atoms with Gasteiger partial charge in [-0.2, -0.15) is 22.0 Å². The average molecular weight is 279 g/mol. The zero-order valence-corrected chi connectivity index (χ0v) is 9.50. The molecule has 106 valence electrons. The number of nitrogens with zero attached hydrogens (tertiary/aromatic N) is 1. The zero-order valence-electron chi connectivity index (χ0n) is 9.50. The van der Waals surface area contributed by atoms with Gasteiger partial charge in [-0.3, -0.25) is 4.90 Å². The number of rotatable bonds is 2. The normalized spacial score (nSPS) is 22.7. The molecule has 1 aliphatic rings. The Morgan fingerprint density at radius 2 is 1.44 bits per heavy atom. The van der Waals surface area contributed by atoms with E-state index in [1.165, 1.54) is 0 Å². The van der Waals surface area contributed by atoms with E-state index < -0.39 is 37.0 Å². The minimum Gasteiger partial charge on any atom is -0.258 e. The molecule has 1 aliphatic heterocycles. The Labute approximate surface area is 99.2 Å². The van der Waals surface area contributed by atoms with Gasteiger partial charge in [0.05, 0.1) is 0 Å². The summed E-state index contributed by atoms with van der Waals surface area (Å²) in [6.07, 6.45) is -8.64. The van der Waals surface area contributed by atoms with Crippen LogP contribution in [0.4, 0.5) is 30.7 Å². The lowest BCUT2D eigenvalue weighted by atomic mass is 9.97. The SMILES string of the molecule is CC1CCN(C(F)(C(F)=C(F)F)C(F)(F)F)CC1. The van der Waals surface area contributed by atoms with E-state index in [1.807, 2.05) is 0 Å². The van der Waals surface area contributed by atoms with Gasteiger partial charge in [-0.1, -0.05) is 6.92 Å². The van der Waals surface area contributed by atoms with Crippen LogP contribution in [-0.4, -0.2) is 30.0 Å². The van der Waals surface area contributed by atoms with E-state index in [0.717, 1.165) is 0 Å². The molecule has 1 heterocycles. The quantitative estimate of drug-likeness (QED) is 0.545. The summed E-state index contributed by atoms with van der Waals surface area (Å²) in [6, 6.07) is 0. The van der Waals surface area contributed by atoms with E-state index in [2.05, 4.69) is 0 Å². The second-order valence-electron chi connectivity index (χ2n) is 4.36. The van der Waals surface area contributed by atoms with Gasteiger partial charge < -0.3 is 0 Å². The third-order valence-electron chi connectivity index (χ3n) is 3.05. The Bertz CT molecular complexity index is 326. The standard InChI is InChI=1S/C10H12F7N/c1-6-2-4-18(5-3-6)9(14,10(15,16)17)7(11)8(12)13/h6H,2-5H2,1H3. The highest BCUT2D eigenvalue weighted by Crippen LogP contribution is 2.45. The second-order valence-corrected chi connectivity index (χ2v) is 4.36. The predicted octanol–water partition coefficient (Wildman–Crippen LogP) is 4.02. The first-order chi connectivity index (χ1) is 8.10. The van der Waals surface area contributed by atoms with Gasteiger partial charge in [-0.05, 0) is 18.8 Å². The first-order valence-electron chi connectivity index (χ1n) is 5.32. The number of likely N-dealkylation sites (tertiary alicyclic amines) is 1. The molecule has 0 aromatic carbocycles. The summed E-state index contributed by atoms with van der Waals surface area (Å²) in [5, 5.41) is 0. The number of alkyl halides is 4. The lowest BCUT2D eigenvalue weighted by Gasteiger charge is -2.40. The Morgan fingerprint density at radius 3 is 1.78 bits per heavy atom. The lowest BCUT2D eigenvalue weighted by Crippen LogP contribution is -2.58. The van der Waals surface area contributed by atoms with Crippen LogP contribution >= 0.6 is 0 Å². The van der Waals surface area contributed by atoms with Crippen molar-refractivity contribution in [2.75, 3.05) is 13.1 Å². The van der Waals surface area contributed by atoms with E-state index in [1.54, 1.807) is 6.92 Å². The highest BCUT2D eigenvalue weighted by atomic mass is 19.4. The van der Waals surface area contributed by atoms with E-state index >= 15 is 0 Å². The lowest BCUT2D eigenvalue weighted by molar-refractivity contribution is -0.277. The zero-order chi connectivity index (χ0) is 14.1. The van der Waals surface area contributed by atoms with E-state index in [9.17, 15) is 30.7 Å². The van der Waals surface area contributed by atoms with Gasteiger partial charge in [-0.15, -0.1) is 0 Å². The first-order valence-corrected chi connectivity index (χ1v) is 5.32. The molecule has 0 saturated carbocycles. The van der Waals surface area contributed by atoms with Crippen LogP contribution in [0.3, 0.4) is 0 Å². The van der Waals surface area contributed by atoms with Crippen molar-refractivity contribution in [3.05, 3.63) is 11.9 Å². The van der Waals surface area contributed by atoms with Crippen LogP contribution in [0.5, 0.6) is 0 Å². The summed E-state index contributed by atoms with van der Waals surface area (Å²) >= 11 is 0. The fourth-order valence-electron chi connectivity index (χ4n) is 1.88. The smallest absolute Gasteiger partial charge is 0.258 e. The fourth-order valence-corrected chi connectivity index (χ4v) is 1.88. The van der Waals surface area contributed by atoms with Crippen molar-refractivity contribution in [3.63, 3.8) is 0 Å². The van der Waals surface area contributed by atoms with E-state index in [4.69, 9.17) is 0 Å². The third kappa shape index (κ3) is 2.62. The number of hydrogen-bond acceptors (Lipinski definition) is 1. The average Bonchev–Trinajstić information content (AvgIpc) is 2.26. The summed E-state index contributed by atoms with van der Waals surface area (Å²) < 4.78 is 88.6. The molecule has 0 spiro atoms. The Kier molecular flexibility index (Phi) is 4.30. The van der Waals surface area contributed by atoms with Crippen LogP contribution in [0, 0.1) is 5.92 Å². The molecule has 8 heteroatoms. The number of hydrogen-bond donors (Lipinski definition) is 0. The monoisotopic (exact) mass is 279 g/mol. The van der Waals surface area contributed by atoms with Crippen molar-refractivity contribution < 1.29 is 30.7 Å². The molecule has 0 amide bonds. The van der Waals surface area contributed by atoms with Crippen molar-refractivity contribution in [3.8, 4) is 0 Å². The molecule has 0 aromatic rings. The Hall–Kier alpha value is -0.790. The van der Waals surface area contributed by atoms with Gasteiger partial charge in [-0.25, -0.2) is 8.78 Å². The largest absolute Gasteiger partial charge is 0.443 e. The number of halogens is 7. The molecule has 1 atom stereocenters. The molecule has 0 aliphatic carbocycles. The van der Waals surface area contributed by atoms with Gasteiger partial charge in [0.2, 0.25) is 5.83 Å². The highest BCUT2D eigenvalue weighted by molar-refractivity contribution is 5.14. The Morgan fingerprint density at radius 1 is 1.00 bits per heavy atom. The van der Waals surface area contributed by atoms with Gasteiger partial charge >= 0.3 is 18.0 Å². The summed E-state index contributed by atoms with van der Waals surface area (Å²) in [5.41, 5.74) is 0. The molecular formula is C10H12F7N. The molecule has 0 aromatic heterocycles. The van der Waals surface area contributed by atoms with Crippen LogP contribution < -0.4 is 0 Å². The fraction of sp³-hybridized carbons (Fsp3) is 0.800. The highest BCUT2D eigenvalue weighted by Gasteiger charge is 2.65. The maximum atomic E-state index is 13.8. The maximum absolute atomic E-state index is 13.8.